The highest BCUT2D eigenvalue weighted by molar-refractivity contribution is 7.10. The number of allylic oxidation sites excluding steroid dienone is 1. The highest BCUT2D eigenvalue weighted by Gasteiger charge is 2.33. The van der Waals surface area contributed by atoms with Crippen LogP contribution in [0.25, 0.3) is 6.08 Å². The Morgan fingerprint density at radius 2 is 1.81 bits per heavy atom. The predicted molar refractivity (Wildman–Crippen MR) is 148 cm³/mol. The second-order valence-electron chi connectivity index (χ2n) is 9.19. The summed E-state index contributed by atoms with van der Waals surface area (Å²) in [7, 11) is 0. The summed E-state index contributed by atoms with van der Waals surface area (Å²) in [5, 5.41) is 5.01. The number of carbonyl (C=O) groups is 1. The highest BCUT2D eigenvalue weighted by Crippen LogP contribution is 2.33. The molecule has 2 aromatic heterocycles. The molecule has 1 aliphatic heterocycles. The molecule has 4 aromatic rings. The van der Waals surface area contributed by atoms with Gasteiger partial charge in [-0.15, -0.1) is 11.3 Å². The second-order valence-corrected chi connectivity index (χ2v) is 11.2. The summed E-state index contributed by atoms with van der Waals surface area (Å²) in [6.45, 7) is 8.12. The van der Waals surface area contributed by atoms with Crippen LogP contribution in [-0.4, -0.2) is 10.5 Å². The minimum absolute atomic E-state index is 0.140. The zero-order valence-electron chi connectivity index (χ0n) is 20.6. The van der Waals surface area contributed by atoms with Crippen molar-refractivity contribution >= 4 is 40.3 Å². The fraction of sp³-hybridized carbons (Fsp3) is 0.207. The average molecular weight is 514 g/mol. The van der Waals surface area contributed by atoms with Gasteiger partial charge in [-0.25, -0.2) is 4.99 Å². The van der Waals surface area contributed by atoms with E-state index in [9.17, 15) is 9.59 Å². The van der Waals surface area contributed by atoms with Crippen LogP contribution < -0.4 is 20.2 Å². The van der Waals surface area contributed by atoms with Crippen molar-refractivity contribution in [2.24, 2.45) is 4.99 Å². The van der Waals surface area contributed by atoms with Crippen molar-refractivity contribution in [1.29, 1.82) is 0 Å². The Morgan fingerprint density at radius 1 is 1.06 bits per heavy atom. The molecule has 3 heterocycles. The molecule has 0 aliphatic carbocycles. The van der Waals surface area contributed by atoms with Crippen LogP contribution in [0.2, 0.25) is 0 Å². The van der Waals surface area contributed by atoms with E-state index in [-0.39, 0.29) is 11.5 Å². The van der Waals surface area contributed by atoms with Gasteiger partial charge in [0.1, 0.15) is 6.04 Å². The molecule has 1 unspecified atom stereocenters. The number of amides is 1. The van der Waals surface area contributed by atoms with E-state index < -0.39 is 6.04 Å². The number of nitrogens with zero attached hydrogens (tertiary/aromatic N) is 2. The smallest absolute Gasteiger partial charge is 0.271 e. The van der Waals surface area contributed by atoms with Gasteiger partial charge in [-0.05, 0) is 60.0 Å². The number of hydrogen-bond donors (Lipinski definition) is 1. The van der Waals surface area contributed by atoms with Crippen LogP contribution in [0.1, 0.15) is 54.3 Å². The Bertz CT molecular complexity index is 1640. The molecule has 0 fully saturated rings. The summed E-state index contributed by atoms with van der Waals surface area (Å²) >= 11 is 2.89. The van der Waals surface area contributed by atoms with Crippen LogP contribution in [0.15, 0.2) is 87.1 Å². The number of rotatable bonds is 5. The van der Waals surface area contributed by atoms with Crippen molar-refractivity contribution in [3.8, 4) is 0 Å². The molecule has 1 amide bonds. The third-order valence-corrected chi connectivity index (χ3v) is 8.28. The summed E-state index contributed by atoms with van der Waals surface area (Å²) in [4.78, 5) is 33.6. The number of thiophene rings is 1. The van der Waals surface area contributed by atoms with E-state index in [1.807, 2.05) is 73.8 Å². The van der Waals surface area contributed by atoms with Gasteiger partial charge in [0.25, 0.3) is 11.5 Å². The first-order valence-electron chi connectivity index (χ1n) is 11.9. The minimum atomic E-state index is -0.532. The zero-order valence-corrected chi connectivity index (χ0v) is 22.2. The van der Waals surface area contributed by atoms with Gasteiger partial charge in [0.2, 0.25) is 0 Å². The van der Waals surface area contributed by atoms with E-state index in [0.29, 0.717) is 26.5 Å². The Labute approximate surface area is 217 Å². The first kappa shape index (κ1) is 24.2. The monoisotopic (exact) mass is 513 g/mol. The van der Waals surface area contributed by atoms with E-state index in [1.54, 1.807) is 4.57 Å². The SMILES string of the molecule is CC1=C(C(=O)Nc2ccccc2C)C(c2cccs2)n2c(sc(=Cc3ccc(C(C)C)cc3)c2=O)=N1. The lowest BCUT2D eigenvalue weighted by molar-refractivity contribution is -0.113. The van der Waals surface area contributed by atoms with Gasteiger partial charge in [0, 0.05) is 10.6 Å². The largest absolute Gasteiger partial charge is 0.322 e. The molecule has 0 radical (unpaired) electrons. The fourth-order valence-corrected chi connectivity index (χ4v) is 6.23. The summed E-state index contributed by atoms with van der Waals surface area (Å²) in [6, 6.07) is 19.3. The summed E-state index contributed by atoms with van der Waals surface area (Å²) in [5.74, 6) is 0.199. The molecule has 36 heavy (non-hydrogen) atoms. The molecular weight excluding hydrogens is 486 g/mol. The fourth-order valence-electron chi connectivity index (χ4n) is 4.36. The molecule has 182 valence electrons. The van der Waals surface area contributed by atoms with Crippen LogP contribution in [-0.2, 0) is 4.79 Å². The number of para-hydroxylation sites is 1. The lowest BCUT2D eigenvalue weighted by Crippen LogP contribution is -2.40. The van der Waals surface area contributed by atoms with Crippen LogP contribution in [0, 0.1) is 6.92 Å². The molecule has 1 N–H and O–H groups in total. The maximum Gasteiger partial charge on any atom is 0.271 e. The third-order valence-electron chi connectivity index (χ3n) is 6.37. The van der Waals surface area contributed by atoms with Gasteiger partial charge in [0.15, 0.2) is 4.80 Å². The Hall–Kier alpha value is -3.55. The molecule has 1 atom stereocenters. The molecule has 0 spiro atoms. The number of nitrogens with one attached hydrogen (secondary N) is 1. The van der Waals surface area contributed by atoms with Gasteiger partial charge < -0.3 is 5.32 Å². The highest BCUT2D eigenvalue weighted by atomic mass is 32.1. The maximum absolute atomic E-state index is 13.7. The minimum Gasteiger partial charge on any atom is -0.322 e. The van der Waals surface area contributed by atoms with Crippen molar-refractivity contribution in [2.75, 3.05) is 5.32 Å². The number of aryl methyl sites for hydroxylation is 1. The van der Waals surface area contributed by atoms with Gasteiger partial charge in [-0.1, -0.05) is 73.7 Å². The quantitative estimate of drug-likeness (QED) is 0.390. The number of fused-ring (bicyclic) bond motifs is 1. The standard InChI is InChI=1S/C29H27N3O2S2/c1-17(2)21-13-11-20(12-14-21)16-24-28(34)32-26(23-10-7-15-35-23)25(19(4)30-29(32)36-24)27(33)31-22-9-6-5-8-18(22)3/h5-17,26H,1-4H3,(H,31,33). The summed E-state index contributed by atoms with van der Waals surface area (Å²) < 4.78 is 2.27. The Kier molecular flexibility index (Phi) is 6.60. The van der Waals surface area contributed by atoms with Crippen molar-refractivity contribution in [2.45, 2.75) is 39.7 Å². The van der Waals surface area contributed by atoms with Crippen molar-refractivity contribution in [3.05, 3.63) is 119 Å². The van der Waals surface area contributed by atoms with Gasteiger partial charge in [0.05, 0.1) is 15.8 Å². The first-order chi connectivity index (χ1) is 17.3. The van der Waals surface area contributed by atoms with Crippen molar-refractivity contribution in [1.82, 2.24) is 4.57 Å². The molecule has 7 heteroatoms. The molecule has 0 saturated carbocycles. The van der Waals surface area contributed by atoms with Gasteiger partial charge in [-0.2, -0.15) is 0 Å². The van der Waals surface area contributed by atoms with Crippen molar-refractivity contribution in [3.63, 3.8) is 0 Å². The first-order valence-corrected chi connectivity index (χ1v) is 13.6. The molecule has 5 rings (SSSR count). The van der Waals surface area contributed by atoms with E-state index in [2.05, 4.69) is 31.3 Å². The van der Waals surface area contributed by atoms with E-state index >= 15 is 0 Å². The normalized spacial score (nSPS) is 15.7. The lowest BCUT2D eigenvalue weighted by Gasteiger charge is -2.24. The van der Waals surface area contributed by atoms with E-state index in [0.717, 1.165) is 21.7 Å². The number of hydrogen-bond acceptors (Lipinski definition) is 5. The van der Waals surface area contributed by atoms with Gasteiger partial charge in [-0.3, -0.25) is 14.2 Å². The van der Waals surface area contributed by atoms with E-state index in [1.165, 1.54) is 28.2 Å². The summed E-state index contributed by atoms with van der Waals surface area (Å²) in [5.41, 5.74) is 4.90. The number of benzene rings is 2. The Balaban J connectivity index is 1.61. The topological polar surface area (TPSA) is 63.5 Å². The molecule has 2 aromatic carbocycles. The predicted octanol–water partition coefficient (Wildman–Crippen LogP) is 5.37. The maximum atomic E-state index is 13.7. The van der Waals surface area contributed by atoms with Gasteiger partial charge >= 0.3 is 0 Å². The average Bonchev–Trinajstić information content (AvgIpc) is 3.49. The molecule has 0 bridgehead atoms. The van der Waals surface area contributed by atoms with Crippen LogP contribution in [0.5, 0.6) is 0 Å². The second kappa shape index (κ2) is 9.84. The molecular formula is C29H27N3O2S2. The lowest BCUT2D eigenvalue weighted by atomic mass is 10.0. The third kappa shape index (κ3) is 4.52. The zero-order chi connectivity index (χ0) is 25.4. The van der Waals surface area contributed by atoms with Crippen molar-refractivity contribution < 1.29 is 4.79 Å². The van der Waals surface area contributed by atoms with Crippen LogP contribution >= 0.6 is 22.7 Å². The van der Waals surface area contributed by atoms with Crippen LogP contribution in [0.4, 0.5) is 5.69 Å². The number of thiazole rings is 1. The molecule has 5 nitrogen and oxygen atoms in total. The number of aromatic nitrogens is 1. The molecule has 0 saturated heterocycles. The molecule has 1 aliphatic rings. The number of carbonyl (C=O) groups excluding carboxylic acids is 1. The van der Waals surface area contributed by atoms with Crippen LogP contribution in [0.3, 0.4) is 0 Å². The summed E-state index contributed by atoms with van der Waals surface area (Å²) in [6.07, 6.45) is 1.91. The van der Waals surface area contributed by atoms with E-state index in [4.69, 9.17) is 4.99 Å². The Morgan fingerprint density at radius 3 is 2.47 bits per heavy atom. The number of anilines is 1.